The molecular formula is C31H25ClN2O5S. The van der Waals surface area contributed by atoms with Gasteiger partial charge in [0.2, 0.25) is 0 Å². The molecule has 1 saturated heterocycles. The van der Waals surface area contributed by atoms with E-state index in [9.17, 15) is 9.59 Å². The van der Waals surface area contributed by atoms with Gasteiger partial charge in [-0.1, -0.05) is 48.0 Å². The third kappa shape index (κ3) is 5.98. The van der Waals surface area contributed by atoms with Gasteiger partial charge < -0.3 is 14.6 Å². The number of carboxylic acid groups (broad SMARTS) is 1. The van der Waals surface area contributed by atoms with Crippen molar-refractivity contribution in [3.63, 3.8) is 0 Å². The van der Waals surface area contributed by atoms with Gasteiger partial charge in [0.1, 0.15) is 6.61 Å². The molecular weight excluding hydrogens is 548 g/mol. The molecule has 0 aliphatic carbocycles. The smallest absolute Gasteiger partial charge is 0.335 e. The Labute approximate surface area is 240 Å². The maximum atomic E-state index is 13.0. The van der Waals surface area contributed by atoms with Crippen LogP contribution in [0.25, 0.3) is 16.8 Å². The first-order valence-corrected chi connectivity index (χ1v) is 13.7. The molecule has 1 aliphatic rings. The van der Waals surface area contributed by atoms with Crippen molar-refractivity contribution in [1.82, 2.24) is 4.90 Å². The number of likely N-dealkylation sites (N-methyl/N-ethyl adjacent to an activating group) is 1. The average Bonchev–Trinajstić information content (AvgIpc) is 3.20. The van der Waals surface area contributed by atoms with E-state index in [4.69, 9.17) is 26.2 Å². The number of carboxylic acids is 1. The molecule has 9 heteroatoms. The second kappa shape index (κ2) is 11.9. The molecule has 1 amide bonds. The van der Waals surface area contributed by atoms with Crippen molar-refractivity contribution in [2.45, 2.75) is 13.5 Å². The van der Waals surface area contributed by atoms with Crippen LogP contribution in [0.4, 0.5) is 5.69 Å². The largest absolute Gasteiger partial charge is 0.490 e. The van der Waals surface area contributed by atoms with Gasteiger partial charge in [-0.2, -0.15) is 0 Å². The number of rotatable bonds is 8. The Morgan fingerprint density at radius 1 is 1.02 bits per heavy atom. The topological polar surface area (TPSA) is 88.4 Å². The molecule has 4 aromatic rings. The maximum Gasteiger partial charge on any atom is 0.335 e. The summed E-state index contributed by atoms with van der Waals surface area (Å²) in [6.45, 7) is 2.61. The van der Waals surface area contributed by atoms with Gasteiger partial charge in [0.15, 0.2) is 16.7 Å². The number of thioether (sulfide) groups is 1. The molecule has 40 heavy (non-hydrogen) atoms. The van der Waals surface area contributed by atoms with E-state index in [-0.39, 0.29) is 11.5 Å². The SMILES string of the molecule is CCOc1cc(/C=C2\SC(=Nc3ccc(C(=O)O)cc3)N(C)C2=O)cc(Cl)c1OCc1ccc2ccccc2c1. The average molecular weight is 573 g/mol. The quantitative estimate of drug-likeness (QED) is 0.221. The van der Waals surface area contributed by atoms with E-state index in [1.165, 1.54) is 28.8 Å². The first-order valence-electron chi connectivity index (χ1n) is 12.5. The van der Waals surface area contributed by atoms with Crippen LogP contribution in [0.3, 0.4) is 0 Å². The van der Waals surface area contributed by atoms with E-state index in [0.29, 0.717) is 51.1 Å². The fourth-order valence-corrected chi connectivity index (χ4v) is 5.41. The summed E-state index contributed by atoms with van der Waals surface area (Å²) >= 11 is 7.87. The molecule has 0 bridgehead atoms. The lowest BCUT2D eigenvalue weighted by molar-refractivity contribution is -0.121. The highest BCUT2D eigenvalue weighted by molar-refractivity contribution is 8.18. The van der Waals surface area contributed by atoms with Crippen molar-refractivity contribution in [2.24, 2.45) is 4.99 Å². The van der Waals surface area contributed by atoms with Crippen molar-refractivity contribution >= 4 is 62.9 Å². The van der Waals surface area contributed by atoms with Crippen LogP contribution in [-0.2, 0) is 11.4 Å². The van der Waals surface area contributed by atoms with E-state index < -0.39 is 5.97 Å². The van der Waals surface area contributed by atoms with Gasteiger partial charge in [-0.15, -0.1) is 0 Å². The Morgan fingerprint density at radius 2 is 1.77 bits per heavy atom. The molecule has 5 rings (SSSR count). The van der Waals surface area contributed by atoms with Crippen molar-refractivity contribution in [1.29, 1.82) is 0 Å². The predicted molar refractivity (Wildman–Crippen MR) is 160 cm³/mol. The zero-order valence-electron chi connectivity index (χ0n) is 21.8. The summed E-state index contributed by atoms with van der Waals surface area (Å²) in [7, 11) is 1.64. The first-order chi connectivity index (χ1) is 19.3. The van der Waals surface area contributed by atoms with E-state index in [0.717, 1.165) is 16.3 Å². The Hall–Kier alpha value is -4.27. The van der Waals surface area contributed by atoms with Crippen LogP contribution in [0, 0.1) is 0 Å². The summed E-state index contributed by atoms with van der Waals surface area (Å²) in [4.78, 5) is 30.5. The number of ether oxygens (including phenoxy) is 2. The molecule has 1 N–H and O–H groups in total. The molecule has 1 fully saturated rings. The second-order valence-corrected chi connectivity index (χ2v) is 10.4. The van der Waals surface area contributed by atoms with Crippen LogP contribution in [0.15, 0.2) is 88.8 Å². The first kappa shape index (κ1) is 27.3. The summed E-state index contributed by atoms with van der Waals surface area (Å²) < 4.78 is 12.0. The van der Waals surface area contributed by atoms with Gasteiger partial charge >= 0.3 is 5.97 Å². The summed E-state index contributed by atoms with van der Waals surface area (Å²) in [5, 5.41) is 12.2. The summed E-state index contributed by atoms with van der Waals surface area (Å²) in [6, 6.07) is 24.0. The van der Waals surface area contributed by atoms with Crippen molar-refractivity contribution in [3.8, 4) is 11.5 Å². The lowest BCUT2D eigenvalue weighted by Crippen LogP contribution is -2.23. The van der Waals surface area contributed by atoms with Gasteiger partial charge in [-0.05, 0) is 89.1 Å². The fraction of sp³-hybridized carbons (Fsp3) is 0.129. The second-order valence-electron chi connectivity index (χ2n) is 8.95. The lowest BCUT2D eigenvalue weighted by atomic mass is 10.1. The molecule has 7 nitrogen and oxygen atoms in total. The number of amides is 1. The van der Waals surface area contributed by atoms with Crippen LogP contribution < -0.4 is 9.47 Å². The molecule has 0 unspecified atom stereocenters. The monoisotopic (exact) mass is 572 g/mol. The number of nitrogens with zero attached hydrogens (tertiary/aromatic N) is 2. The molecule has 0 spiro atoms. The van der Waals surface area contributed by atoms with Crippen LogP contribution in [-0.4, -0.2) is 40.7 Å². The third-order valence-electron chi connectivity index (χ3n) is 6.17. The minimum atomic E-state index is -1.01. The summed E-state index contributed by atoms with van der Waals surface area (Å²) in [6.07, 6.45) is 1.74. The standard InChI is InChI=1S/C31H25ClN2O5S/c1-3-38-26-16-20(15-25(32)28(26)39-18-19-8-9-21-6-4-5-7-23(21)14-19)17-27-29(35)34(2)31(40-27)33-24-12-10-22(11-13-24)30(36)37/h4-17H,3,18H2,1-2H3,(H,36,37)/b27-17-,33-31?. The third-order valence-corrected chi connectivity index (χ3v) is 7.51. The summed E-state index contributed by atoms with van der Waals surface area (Å²) in [5.41, 5.74) is 2.40. The zero-order chi connectivity index (χ0) is 28.2. The fourth-order valence-electron chi connectivity index (χ4n) is 4.15. The van der Waals surface area contributed by atoms with Gasteiger partial charge in [0.25, 0.3) is 5.91 Å². The van der Waals surface area contributed by atoms with Crippen LogP contribution in [0.2, 0.25) is 5.02 Å². The molecule has 1 heterocycles. The Bertz CT molecular complexity index is 1670. The van der Waals surface area contributed by atoms with E-state index in [1.54, 1.807) is 37.4 Å². The number of aliphatic imine (C=N–C) groups is 1. The predicted octanol–water partition coefficient (Wildman–Crippen LogP) is 7.40. The molecule has 0 saturated carbocycles. The Balaban J connectivity index is 1.37. The number of aromatic carboxylic acids is 1. The minimum absolute atomic E-state index is 0.166. The van der Waals surface area contributed by atoms with Crippen LogP contribution in [0.5, 0.6) is 11.5 Å². The maximum absolute atomic E-state index is 13.0. The van der Waals surface area contributed by atoms with Gasteiger partial charge in [0.05, 0.1) is 27.8 Å². The van der Waals surface area contributed by atoms with E-state index >= 15 is 0 Å². The molecule has 0 atom stereocenters. The highest BCUT2D eigenvalue weighted by Gasteiger charge is 2.30. The number of carbonyl (C=O) groups excluding carboxylic acids is 1. The molecule has 1 aliphatic heterocycles. The number of hydrogen-bond donors (Lipinski definition) is 1. The summed E-state index contributed by atoms with van der Waals surface area (Å²) in [5.74, 6) is -0.300. The number of hydrogen-bond acceptors (Lipinski definition) is 6. The zero-order valence-corrected chi connectivity index (χ0v) is 23.3. The van der Waals surface area contributed by atoms with E-state index in [2.05, 4.69) is 29.3 Å². The van der Waals surface area contributed by atoms with Gasteiger partial charge in [-0.3, -0.25) is 9.69 Å². The molecule has 0 aromatic heterocycles. The number of carbonyl (C=O) groups is 2. The number of halogens is 1. The van der Waals surface area contributed by atoms with Crippen molar-refractivity contribution in [2.75, 3.05) is 13.7 Å². The molecule has 0 radical (unpaired) electrons. The normalized spacial score (nSPS) is 15.3. The minimum Gasteiger partial charge on any atom is -0.490 e. The van der Waals surface area contributed by atoms with Gasteiger partial charge in [-0.25, -0.2) is 9.79 Å². The van der Waals surface area contributed by atoms with Gasteiger partial charge in [0, 0.05) is 7.05 Å². The van der Waals surface area contributed by atoms with E-state index in [1.807, 2.05) is 25.1 Å². The highest BCUT2D eigenvalue weighted by atomic mass is 35.5. The van der Waals surface area contributed by atoms with Crippen LogP contribution in [0.1, 0.15) is 28.4 Å². The van der Waals surface area contributed by atoms with Crippen LogP contribution >= 0.6 is 23.4 Å². The van der Waals surface area contributed by atoms with Crippen molar-refractivity contribution in [3.05, 3.63) is 105 Å². The number of amidine groups is 1. The number of fused-ring (bicyclic) bond motifs is 1. The lowest BCUT2D eigenvalue weighted by Gasteiger charge is -2.15. The molecule has 202 valence electrons. The molecule has 4 aromatic carbocycles. The number of benzene rings is 4. The Kier molecular flexibility index (Phi) is 8.09. The highest BCUT2D eigenvalue weighted by Crippen LogP contribution is 2.40. The van der Waals surface area contributed by atoms with Crippen molar-refractivity contribution < 1.29 is 24.2 Å². The Morgan fingerprint density at radius 3 is 2.50 bits per heavy atom.